The summed E-state index contributed by atoms with van der Waals surface area (Å²) in [7, 11) is 0. The lowest BCUT2D eigenvalue weighted by molar-refractivity contribution is -0.132. The lowest BCUT2D eigenvalue weighted by atomic mass is 10.0. The summed E-state index contributed by atoms with van der Waals surface area (Å²) in [6.07, 6.45) is 4.21. The summed E-state index contributed by atoms with van der Waals surface area (Å²) in [6.45, 7) is 7.65. The number of hydrogen-bond donors (Lipinski definition) is 1. The summed E-state index contributed by atoms with van der Waals surface area (Å²) in [5, 5.41) is 3.32. The second-order valence-electron chi connectivity index (χ2n) is 5.46. The fourth-order valence-corrected chi connectivity index (χ4v) is 2.77. The lowest BCUT2D eigenvalue weighted by Crippen LogP contribution is -2.44. The topological polar surface area (TPSA) is 41.6 Å². The van der Waals surface area contributed by atoms with Crippen LogP contribution < -0.4 is 5.32 Å². The maximum atomic E-state index is 12.1. The Hall–Kier alpha value is -0.610. The molecule has 0 aromatic heterocycles. The van der Waals surface area contributed by atoms with Gasteiger partial charge in [0.1, 0.15) is 0 Å². The molecule has 17 heavy (non-hydrogen) atoms. The fourth-order valence-electron chi connectivity index (χ4n) is 2.77. The van der Waals surface area contributed by atoms with Crippen molar-refractivity contribution in [1.82, 2.24) is 10.2 Å². The van der Waals surface area contributed by atoms with E-state index in [4.69, 9.17) is 4.74 Å². The van der Waals surface area contributed by atoms with E-state index < -0.39 is 0 Å². The number of rotatable bonds is 5. The molecule has 2 heterocycles. The molecule has 0 aliphatic carbocycles. The molecule has 4 heteroatoms. The van der Waals surface area contributed by atoms with Crippen LogP contribution in [-0.4, -0.2) is 48.7 Å². The van der Waals surface area contributed by atoms with E-state index in [0.717, 1.165) is 51.9 Å². The predicted octanol–water partition coefficient (Wildman–Crippen LogP) is 1.16. The van der Waals surface area contributed by atoms with E-state index in [-0.39, 0.29) is 17.6 Å². The minimum absolute atomic E-state index is 0.0416. The zero-order valence-electron chi connectivity index (χ0n) is 11.0. The van der Waals surface area contributed by atoms with E-state index in [1.165, 1.54) is 0 Å². The zero-order valence-corrected chi connectivity index (χ0v) is 11.0. The fraction of sp³-hybridized carbons (Fsp3) is 0.923. The maximum absolute atomic E-state index is 12.1. The Kier molecular flexibility index (Phi) is 4.05. The third-order valence-electron chi connectivity index (χ3n) is 3.76. The van der Waals surface area contributed by atoms with Crippen LogP contribution in [0.4, 0.5) is 0 Å². The molecular weight excluding hydrogens is 216 g/mol. The Balaban J connectivity index is 1.84. The monoisotopic (exact) mass is 240 g/mol. The van der Waals surface area contributed by atoms with Gasteiger partial charge in [-0.2, -0.15) is 0 Å². The number of nitrogens with zero attached hydrogens (tertiary/aromatic N) is 1. The van der Waals surface area contributed by atoms with Gasteiger partial charge in [0, 0.05) is 19.7 Å². The van der Waals surface area contributed by atoms with Crippen molar-refractivity contribution in [3.63, 3.8) is 0 Å². The van der Waals surface area contributed by atoms with Crippen LogP contribution in [-0.2, 0) is 9.53 Å². The van der Waals surface area contributed by atoms with E-state index in [0.29, 0.717) is 0 Å². The second kappa shape index (κ2) is 5.36. The van der Waals surface area contributed by atoms with Gasteiger partial charge in [0.2, 0.25) is 5.91 Å². The average molecular weight is 240 g/mol. The van der Waals surface area contributed by atoms with Crippen molar-refractivity contribution in [3.8, 4) is 0 Å². The third-order valence-corrected chi connectivity index (χ3v) is 3.76. The minimum atomic E-state index is -0.102. The summed E-state index contributed by atoms with van der Waals surface area (Å²) in [5.41, 5.74) is -0.102. The highest BCUT2D eigenvalue weighted by Crippen LogP contribution is 2.27. The van der Waals surface area contributed by atoms with Crippen LogP contribution in [0.3, 0.4) is 0 Å². The summed E-state index contributed by atoms with van der Waals surface area (Å²) in [6, 6.07) is 0.0416. The number of amides is 1. The Bertz CT molecular complexity index is 275. The van der Waals surface area contributed by atoms with Crippen LogP contribution in [0, 0.1) is 0 Å². The minimum Gasteiger partial charge on any atom is -0.373 e. The summed E-state index contributed by atoms with van der Waals surface area (Å²) in [4.78, 5) is 14.1. The van der Waals surface area contributed by atoms with Crippen molar-refractivity contribution < 1.29 is 9.53 Å². The predicted molar refractivity (Wildman–Crippen MR) is 66.9 cm³/mol. The van der Waals surface area contributed by atoms with Gasteiger partial charge in [0.15, 0.2) is 0 Å². The lowest BCUT2D eigenvalue weighted by Gasteiger charge is -2.29. The van der Waals surface area contributed by atoms with Gasteiger partial charge in [-0.1, -0.05) is 6.92 Å². The van der Waals surface area contributed by atoms with E-state index in [1.54, 1.807) is 0 Å². The molecule has 2 fully saturated rings. The highest BCUT2D eigenvalue weighted by atomic mass is 16.5. The molecule has 2 aliphatic heterocycles. The molecule has 0 radical (unpaired) electrons. The molecule has 0 spiro atoms. The molecule has 1 amide bonds. The van der Waals surface area contributed by atoms with E-state index >= 15 is 0 Å². The Morgan fingerprint density at radius 2 is 2.41 bits per heavy atom. The first kappa shape index (κ1) is 12.8. The van der Waals surface area contributed by atoms with Gasteiger partial charge in [-0.05, 0) is 39.2 Å². The van der Waals surface area contributed by atoms with Gasteiger partial charge in [0.05, 0.1) is 11.6 Å². The van der Waals surface area contributed by atoms with Crippen LogP contribution in [0.2, 0.25) is 0 Å². The second-order valence-corrected chi connectivity index (χ2v) is 5.46. The van der Waals surface area contributed by atoms with Gasteiger partial charge in [-0.15, -0.1) is 0 Å². The number of nitrogens with one attached hydrogen (secondary N) is 1. The van der Waals surface area contributed by atoms with Gasteiger partial charge in [-0.3, -0.25) is 4.79 Å². The van der Waals surface area contributed by atoms with Crippen molar-refractivity contribution in [3.05, 3.63) is 0 Å². The molecule has 2 unspecified atom stereocenters. The molecular formula is C13H24N2O2. The molecule has 0 aromatic carbocycles. The van der Waals surface area contributed by atoms with Crippen molar-refractivity contribution in [2.45, 2.75) is 51.2 Å². The Morgan fingerprint density at radius 1 is 1.59 bits per heavy atom. The quantitative estimate of drug-likeness (QED) is 0.784. The first-order chi connectivity index (χ1) is 8.14. The van der Waals surface area contributed by atoms with Crippen LogP contribution in [0.25, 0.3) is 0 Å². The van der Waals surface area contributed by atoms with Gasteiger partial charge < -0.3 is 15.0 Å². The highest BCUT2D eigenvalue weighted by molar-refractivity contribution is 5.84. The average Bonchev–Trinajstić information content (AvgIpc) is 2.86. The van der Waals surface area contributed by atoms with Crippen LogP contribution >= 0.6 is 0 Å². The van der Waals surface area contributed by atoms with Gasteiger partial charge in [-0.25, -0.2) is 0 Å². The van der Waals surface area contributed by atoms with E-state index in [9.17, 15) is 4.79 Å². The van der Waals surface area contributed by atoms with Crippen molar-refractivity contribution in [1.29, 1.82) is 0 Å². The van der Waals surface area contributed by atoms with Crippen LogP contribution in [0.5, 0.6) is 0 Å². The normalized spacial score (nSPS) is 33.6. The molecule has 2 saturated heterocycles. The molecule has 2 rings (SSSR count). The van der Waals surface area contributed by atoms with E-state index in [2.05, 4.69) is 19.2 Å². The van der Waals surface area contributed by atoms with Crippen molar-refractivity contribution >= 4 is 5.91 Å². The van der Waals surface area contributed by atoms with Gasteiger partial charge in [0.25, 0.3) is 0 Å². The first-order valence-electron chi connectivity index (χ1n) is 6.81. The highest BCUT2D eigenvalue weighted by Gasteiger charge is 2.38. The molecule has 1 N–H and O–H groups in total. The number of carbonyl (C=O) groups excluding carboxylic acids is 1. The standard InChI is InChI=1S/C13H24N2O2/c1-3-7-14-11-5-8-15(12(11)16)10-13(2)6-4-9-17-13/h11,14H,3-10H2,1-2H3. The summed E-state index contributed by atoms with van der Waals surface area (Å²) in [5.74, 6) is 0.259. The number of hydrogen-bond acceptors (Lipinski definition) is 3. The largest absolute Gasteiger partial charge is 0.373 e. The maximum Gasteiger partial charge on any atom is 0.239 e. The van der Waals surface area contributed by atoms with Gasteiger partial charge >= 0.3 is 0 Å². The Morgan fingerprint density at radius 3 is 3.06 bits per heavy atom. The molecule has 0 saturated carbocycles. The molecule has 2 atom stereocenters. The van der Waals surface area contributed by atoms with Crippen LogP contribution in [0.15, 0.2) is 0 Å². The smallest absolute Gasteiger partial charge is 0.239 e. The number of ether oxygens (including phenoxy) is 1. The van der Waals surface area contributed by atoms with Crippen LogP contribution in [0.1, 0.15) is 39.5 Å². The number of carbonyl (C=O) groups is 1. The Labute approximate surface area is 104 Å². The molecule has 4 nitrogen and oxygen atoms in total. The SMILES string of the molecule is CCCNC1CCN(CC2(C)CCCO2)C1=O. The van der Waals surface area contributed by atoms with Crippen molar-refractivity contribution in [2.24, 2.45) is 0 Å². The molecule has 98 valence electrons. The summed E-state index contributed by atoms with van der Waals surface area (Å²) >= 11 is 0. The molecule has 2 aliphatic rings. The van der Waals surface area contributed by atoms with E-state index in [1.807, 2.05) is 4.90 Å². The zero-order chi connectivity index (χ0) is 12.3. The third kappa shape index (κ3) is 2.99. The molecule has 0 aromatic rings. The number of likely N-dealkylation sites (tertiary alicyclic amines) is 1. The molecule has 0 bridgehead atoms. The van der Waals surface area contributed by atoms with Crippen molar-refractivity contribution in [2.75, 3.05) is 26.2 Å². The summed E-state index contributed by atoms with van der Waals surface area (Å²) < 4.78 is 5.75. The first-order valence-corrected chi connectivity index (χ1v) is 6.81.